The number of aromatic nitrogens is 1. The molecule has 0 atom stereocenters. The Morgan fingerprint density at radius 1 is 0.926 bits per heavy atom. The first-order chi connectivity index (χ1) is 13.3. The SMILES string of the molecule is O=C1/C(=N\Nc2nc3ccccc3s2)Cc2cc(-c3ccccc3)ccc21. The molecule has 0 amide bonds. The molecule has 130 valence electrons. The van der Waals surface area contributed by atoms with Gasteiger partial charge in [-0.2, -0.15) is 5.10 Å². The Bertz CT molecular complexity index is 1160. The highest BCUT2D eigenvalue weighted by Crippen LogP contribution is 2.28. The van der Waals surface area contributed by atoms with Crippen LogP contribution in [0.1, 0.15) is 15.9 Å². The van der Waals surface area contributed by atoms with E-state index in [2.05, 4.69) is 33.7 Å². The minimum atomic E-state index is -0.0155. The monoisotopic (exact) mass is 369 g/mol. The van der Waals surface area contributed by atoms with E-state index in [4.69, 9.17) is 0 Å². The molecule has 0 saturated heterocycles. The van der Waals surface area contributed by atoms with Gasteiger partial charge in [-0.3, -0.25) is 10.2 Å². The molecule has 4 aromatic rings. The number of ketones is 1. The van der Waals surface area contributed by atoms with Crippen LogP contribution in [0.2, 0.25) is 0 Å². The molecule has 5 heteroatoms. The smallest absolute Gasteiger partial charge is 0.209 e. The molecule has 0 radical (unpaired) electrons. The van der Waals surface area contributed by atoms with Crippen molar-refractivity contribution in [3.63, 3.8) is 0 Å². The first kappa shape index (κ1) is 15.9. The average Bonchev–Trinajstić information content (AvgIpc) is 3.27. The van der Waals surface area contributed by atoms with Crippen molar-refractivity contribution in [1.29, 1.82) is 0 Å². The number of nitrogens with zero attached hydrogens (tertiary/aromatic N) is 2. The maximum absolute atomic E-state index is 12.7. The van der Waals surface area contributed by atoms with Crippen LogP contribution in [0.4, 0.5) is 5.13 Å². The molecular formula is C22H15N3OS. The third kappa shape index (κ3) is 2.92. The van der Waals surface area contributed by atoms with Crippen molar-refractivity contribution in [3.8, 4) is 11.1 Å². The Morgan fingerprint density at radius 3 is 2.59 bits per heavy atom. The Morgan fingerprint density at radius 2 is 1.74 bits per heavy atom. The number of para-hydroxylation sites is 1. The molecule has 1 N–H and O–H groups in total. The minimum Gasteiger partial charge on any atom is -0.287 e. The second-order valence-electron chi connectivity index (χ2n) is 6.40. The average molecular weight is 369 g/mol. The van der Waals surface area contributed by atoms with Gasteiger partial charge in [0.25, 0.3) is 0 Å². The lowest BCUT2D eigenvalue weighted by molar-refractivity contribution is 0.106. The molecule has 1 aliphatic carbocycles. The van der Waals surface area contributed by atoms with Gasteiger partial charge in [-0.05, 0) is 28.8 Å². The van der Waals surface area contributed by atoms with Gasteiger partial charge in [0.1, 0.15) is 5.71 Å². The van der Waals surface area contributed by atoms with Crippen LogP contribution < -0.4 is 5.43 Å². The lowest BCUT2D eigenvalue weighted by Gasteiger charge is -2.03. The van der Waals surface area contributed by atoms with Crippen molar-refractivity contribution >= 4 is 38.2 Å². The summed E-state index contributed by atoms with van der Waals surface area (Å²) < 4.78 is 1.09. The summed E-state index contributed by atoms with van der Waals surface area (Å²) in [5, 5.41) is 5.04. The van der Waals surface area contributed by atoms with Gasteiger partial charge < -0.3 is 0 Å². The van der Waals surface area contributed by atoms with Crippen LogP contribution in [0, 0.1) is 0 Å². The molecule has 1 aliphatic rings. The van der Waals surface area contributed by atoms with E-state index >= 15 is 0 Å². The third-order valence-electron chi connectivity index (χ3n) is 4.66. The van der Waals surface area contributed by atoms with E-state index < -0.39 is 0 Å². The molecule has 4 nitrogen and oxygen atoms in total. The van der Waals surface area contributed by atoms with Gasteiger partial charge in [-0.15, -0.1) is 0 Å². The van der Waals surface area contributed by atoms with E-state index in [0.717, 1.165) is 32.5 Å². The van der Waals surface area contributed by atoms with Crippen molar-refractivity contribution in [2.75, 3.05) is 5.43 Å². The number of carbonyl (C=O) groups is 1. The summed E-state index contributed by atoms with van der Waals surface area (Å²) in [5.74, 6) is -0.0155. The van der Waals surface area contributed by atoms with E-state index in [0.29, 0.717) is 17.3 Å². The molecule has 0 fully saturated rings. The number of hydrogen-bond acceptors (Lipinski definition) is 5. The fourth-order valence-electron chi connectivity index (χ4n) is 3.31. The van der Waals surface area contributed by atoms with E-state index in [1.54, 1.807) is 0 Å². The van der Waals surface area contributed by atoms with Gasteiger partial charge in [-0.25, -0.2) is 4.98 Å². The van der Waals surface area contributed by atoms with E-state index in [9.17, 15) is 4.79 Å². The Labute approximate surface area is 160 Å². The molecule has 3 aromatic carbocycles. The topological polar surface area (TPSA) is 54.4 Å². The molecule has 0 bridgehead atoms. The quantitative estimate of drug-likeness (QED) is 0.507. The number of benzene rings is 3. The van der Waals surface area contributed by atoms with Crippen molar-refractivity contribution in [2.24, 2.45) is 5.10 Å². The molecule has 0 saturated carbocycles. The molecule has 0 spiro atoms. The van der Waals surface area contributed by atoms with Crippen LogP contribution in [-0.4, -0.2) is 16.5 Å². The summed E-state index contributed by atoms with van der Waals surface area (Å²) >= 11 is 1.52. The Balaban J connectivity index is 1.41. The molecular weight excluding hydrogens is 354 g/mol. The first-order valence-electron chi connectivity index (χ1n) is 8.69. The van der Waals surface area contributed by atoms with Crippen molar-refractivity contribution in [3.05, 3.63) is 83.9 Å². The number of thiazole rings is 1. The zero-order valence-electron chi connectivity index (χ0n) is 14.3. The molecule has 27 heavy (non-hydrogen) atoms. The van der Waals surface area contributed by atoms with Crippen LogP contribution in [0.3, 0.4) is 0 Å². The minimum absolute atomic E-state index is 0.0155. The number of fused-ring (bicyclic) bond motifs is 2. The van der Waals surface area contributed by atoms with Gasteiger partial charge in [-0.1, -0.05) is 72.0 Å². The summed E-state index contributed by atoms with van der Waals surface area (Å²) in [4.78, 5) is 17.1. The van der Waals surface area contributed by atoms with Crippen LogP contribution in [-0.2, 0) is 6.42 Å². The normalized spacial score (nSPS) is 14.7. The number of anilines is 1. The fourth-order valence-corrected chi connectivity index (χ4v) is 4.12. The second kappa shape index (κ2) is 6.45. The third-order valence-corrected chi connectivity index (χ3v) is 5.60. The van der Waals surface area contributed by atoms with Crippen molar-refractivity contribution < 1.29 is 4.79 Å². The second-order valence-corrected chi connectivity index (χ2v) is 7.43. The van der Waals surface area contributed by atoms with Crippen LogP contribution >= 0.6 is 11.3 Å². The number of rotatable bonds is 3. The number of carbonyl (C=O) groups excluding carboxylic acids is 1. The molecule has 1 aromatic heterocycles. The maximum Gasteiger partial charge on any atom is 0.209 e. The Hall–Kier alpha value is -3.31. The van der Waals surface area contributed by atoms with Gasteiger partial charge in [0, 0.05) is 12.0 Å². The van der Waals surface area contributed by atoms with Crippen molar-refractivity contribution in [2.45, 2.75) is 6.42 Å². The lowest BCUT2D eigenvalue weighted by atomic mass is 10.0. The van der Waals surface area contributed by atoms with Crippen LogP contribution in [0.15, 0.2) is 77.9 Å². The van der Waals surface area contributed by atoms with Gasteiger partial charge in [0.05, 0.1) is 10.2 Å². The summed E-state index contributed by atoms with van der Waals surface area (Å²) in [6.45, 7) is 0. The Kier molecular flexibility index (Phi) is 3.80. The summed E-state index contributed by atoms with van der Waals surface area (Å²) in [7, 11) is 0. The number of Topliss-reactive ketones (excluding diaryl/α,β-unsaturated/α-hetero) is 1. The molecule has 1 heterocycles. The predicted octanol–water partition coefficient (Wildman–Crippen LogP) is 5.17. The maximum atomic E-state index is 12.7. The van der Waals surface area contributed by atoms with E-state index in [-0.39, 0.29) is 5.78 Å². The van der Waals surface area contributed by atoms with E-state index in [1.165, 1.54) is 11.3 Å². The standard InChI is InChI=1S/C22H15N3OS/c26-21-17-11-10-15(14-6-2-1-3-7-14)12-16(17)13-19(21)24-25-22-23-18-8-4-5-9-20(18)27-22/h1-12H,13H2,(H,23,25)/b24-19-. The zero-order valence-corrected chi connectivity index (χ0v) is 15.2. The highest BCUT2D eigenvalue weighted by molar-refractivity contribution is 7.22. The number of hydrazone groups is 1. The van der Waals surface area contributed by atoms with Crippen molar-refractivity contribution in [1.82, 2.24) is 4.98 Å². The highest BCUT2D eigenvalue weighted by atomic mass is 32.1. The summed E-state index contributed by atoms with van der Waals surface area (Å²) in [5.41, 5.74) is 8.43. The fraction of sp³-hybridized carbons (Fsp3) is 0.0455. The molecule has 0 unspecified atom stereocenters. The largest absolute Gasteiger partial charge is 0.287 e. The summed E-state index contributed by atoms with van der Waals surface area (Å²) in [6.07, 6.45) is 0.534. The first-order valence-corrected chi connectivity index (χ1v) is 9.51. The molecule has 0 aliphatic heterocycles. The van der Waals surface area contributed by atoms with Gasteiger partial charge in [0.2, 0.25) is 10.9 Å². The summed E-state index contributed by atoms with van der Waals surface area (Å²) in [6, 6.07) is 24.1. The molecule has 5 rings (SSSR count). The highest BCUT2D eigenvalue weighted by Gasteiger charge is 2.27. The predicted molar refractivity (Wildman–Crippen MR) is 111 cm³/mol. The van der Waals surface area contributed by atoms with Gasteiger partial charge >= 0.3 is 0 Å². The van der Waals surface area contributed by atoms with Crippen LogP contribution in [0.5, 0.6) is 0 Å². The number of hydrogen-bond donors (Lipinski definition) is 1. The van der Waals surface area contributed by atoms with Gasteiger partial charge in [0.15, 0.2) is 0 Å². The van der Waals surface area contributed by atoms with E-state index in [1.807, 2.05) is 54.6 Å². The van der Waals surface area contributed by atoms with Crippen LogP contribution in [0.25, 0.3) is 21.3 Å². The number of nitrogens with one attached hydrogen (secondary N) is 1. The lowest BCUT2D eigenvalue weighted by Crippen LogP contribution is -2.10. The zero-order chi connectivity index (χ0) is 18.2.